The van der Waals surface area contributed by atoms with E-state index in [9.17, 15) is 8.42 Å². The van der Waals surface area contributed by atoms with Crippen molar-refractivity contribution in [2.45, 2.75) is 90.6 Å². The number of rotatable bonds is 4. The number of hydrogen-bond donors (Lipinski definition) is 2. The molecule has 3 rings (SSSR count). The van der Waals surface area contributed by atoms with Crippen molar-refractivity contribution in [1.29, 1.82) is 0 Å². The largest absolute Gasteiger partial charge is 0.354 e. The summed E-state index contributed by atoms with van der Waals surface area (Å²) in [6, 6.07) is 0.966. The lowest BCUT2D eigenvalue weighted by atomic mass is 9.75. The van der Waals surface area contributed by atoms with Crippen LogP contribution < -0.4 is 10.6 Å². The Kier molecular flexibility index (Phi) is 6.75. The van der Waals surface area contributed by atoms with E-state index in [1.807, 2.05) is 0 Å². The second-order valence-corrected chi connectivity index (χ2v) is 12.3. The van der Waals surface area contributed by atoms with Gasteiger partial charge in [0.15, 0.2) is 15.8 Å². The zero-order chi connectivity index (χ0) is 19.5. The molecule has 27 heavy (non-hydrogen) atoms. The molecule has 1 aliphatic heterocycles. The van der Waals surface area contributed by atoms with Gasteiger partial charge in [-0.15, -0.1) is 0 Å². The molecular weight excluding hydrogens is 358 g/mol. The smallest absolute Gasteiger partial charge is 0.191 e. The maximum absolute atomic E-state index is 11.7. The van der Waals surface area contributed by atoms with E-state index in [1.165, 1.54) is 51.4 Å². The second-order valence-electron chi connectivity index (χ2n) is 10.1. The Hall–Kier alpha value is -0.780. The van der Waals surface area contributed by atoms with Gasteiger partial charge in [0.1, 0.15) is 0 Å². The number of guanidine groups is 1. The van der Waals surface area contributed by atoms with Crippen LogP contribution >= 0.6 is 0 Å². The molecule has 0 aromatic rings. The van der Waals surface area contributed by atoms with E-state index in [1.54, 1.807) is 0 Å². The van der Waals surface area contributed by atoms with Crippen molar-refractivity contribution in [3.8, 4) is 0 Å². The van der Waals surface area contributed by atoms with E-state index in [0.29, 0.717) is 41.5 Å². The number of sulfone groups is 1. The molecule has 0 spiro atoms. The van der Waals surface area contributed by atoms with Crippen LogP contribution in [-0.2, 0) is 9.84 Å². The van der Waals surface area contributed by atoms with Crippen molar-refractivity contribution in [1.82, 2.24) is 10.6 Å². The van der Waals surface area contributed by atoms with Crippen LogP contribution in [0.1, 0.15) is 78.6 Å². The van der Waals surface area contributed by atoms with Gasteiger partial charge in [-0.25, -0.2) is 8.42 Å². The van der Waals surface area contributed by atoms with Gasteiger partial charge in [-0.3, -0.25) is 4.99 Å². The van der Waals surface area contributed by atoms with Crippen molar-refractivity contribution in [2.75, 3.05) is 18.1 Å². The summed E-state index contributed by atoms with van der Waals surface area (Å²) in [6.45, 7) is 7.68. The molecule has 3 aliphatic rings. The maximum atomic E-state index is 11.7. The monoisotopic (exact) mass is 397 g/mol. The van der Waals surface area contributed by atoms with Crippen LogP contribution in [0.25, 0.3) is 0 Å². The molecule has 3 atom stereocenters. The van der Waals surface area contributed by atoms with Crippen molar-refractivity contribution in [2.24, 2.45) is 22.2 Å². The lowest BCUT2D eigenvalue weighted by Gasteiger charge is -2.37. The van der Waals surface area contributed by atoms with E-state index in [0.717, 1.165) is 12.4 Å². The van der Waals surface area contributed by atoms with Gasteiger partial charge in [0.05, 0.1) is 11.5 Å². The maximum Gasteiger partial charge on any atom is 0.191 e. The van der Waals surface area contributed by atoms with Crippen LogP contribution in [-0.4, -0.2) is 44.5 Å². The summed E-state index contributed by atoms with van der Waals surface area (Å²) in [5.41, 5.74) is 0.457. The summed E-state index contributed by atoms with van der Waals surface area (Å²) in [6.07, 6.45) is 10.7. The third kappa shape index (κ3) is 6.37. The first-order valence-electron chi connectivity index (χ1n) is 11.0. The van der Waals surface area contributed by atoms with Crippen LogP contribution in [0, 0.1) is 17.3 Å². The Bertz CT molecular complexity index is 619. The normalized spacial score (nSPS) is 34.3. The summed E-state index contributed by atoms with van der Waals surface area (Å²) in [7, 11) is -2.83. The molecule has 1 heterocycles. The molecule has 2 aliphatic carbocycles. The molecule has 0 amide bonds. The highest BCUT2D eigenvalue weighted by Gasteiger charge is 2.30. The fourth-order valence-electron chi connectivity index (χ4n) is 4.81. The molecular formula is C21H39N3O2S. The standard InChI is InChI=1S/C21H39N3O2S/c1-16-6-4-5-7-19(16)24-20(22-14-17-10-13-27(25,26)15-17)23-18-8-11-21(2,3)12-9-18/h16-19H,4-15H2,1-3H3,(H2,22,23,24). The van der Waals surface area contributed by atoms with Crippen LogP contribution in [0.2, 0.25) is 0 Å². The SMILES string of the molecule is CC1CCCCC1NC(=NCC1CCS(=O)(=O)C1)NC1CCC(C)(C)CC1. The average molecular weight is 398 g/mol. The minimum atomic E-state index is -2.83. The van der Waals surface area contributed by atoms with Gasteiger partial charge >= 0.3 is 0 Å². The summed E-state index contributed by atoms with van der Waals surface area (Å²) in [5.74, 6) is 2.41. The van der Waals surface area contributed by atoms with Crippen LogP contribution in [0.4, 0.5) is 0 Å². The van der Waals surface area contributed by atoms with E-state index >= 15 is 0 Å². The molecule has 2 saturated carbocycles. The van der Waals surface area contributed by atoms with Gasteiger partial charge < -0.3 is 10.6 Å². The Balaban J connectivity index is 1.61. The van der Waals surface area contributed by atoms with Crippen molar-refractivity contribution < 1.29 is 8.42 Å². The van der Waals surface area contributed by atoms with Gasteiger partial charge in [-0.05, 0) is 62.2 Å². The minimum Gasteiger partial charge on any atom is -0.354 e. The molecule has 156 valence electrons. The molecule has 5 nitrogen and oxygen atoms in total. The van der Waals surface area contributed by atoms with Gasteiger partial charge in [0.2, 0.25) is 0 Å². The third-order valence-corrected chi connectivity index (χ3v) is 8.78. The Morgan fingerprint density at radius 2 is 1.74 bits per heavy atom. The van der Waals surface area contributed by atoms with Crippen molar-refractivity contribution >= 4 is 15.8 Å². The van der Waals surface area contributed by atoms with Crippen LogP contribution in [0.3, 0.4) is 0 Å². The van der Waals surface area contributed by atoms with E-state index in [4.69, 9.17) is 4.99 Å². The first kappa shape index (κ1) is 20.9. The molecule has 0 aromatic carbocycles. The molecule has 0 aromatic heterocycles. The van der Waals surface area contributed by atoms with Gasteiger partial charge in [-0.1, -0.05) is 33.6 Å². The number of nitrogens with zero attached hydrogens (tertiary/aromatic N) is 1. The highest BCUT2D eigenvalue weighted by atomic mass is 32.2. The van der Waals surface area contributed by atoms with Crippen molar-refractivity contribution in [3.05, 3.63) is 0 Å². The molecule has 6 heteroatoms. The zero-order valence-electron chi connectivity index (χ0n) is 17.5. The Morgan fingerprint density at radius 3 is 2.37 bits per heavy atom. The molecule has 2 N–H and O–H groups in total. The van der Waals surface area contributed by atoms with E-state index in [2.05, 4.69) is 31.4 Å². The zero-order valence-corrected chi connectivity index (χ0v) is 18.3. The predicted molar refractivity (Wildman–Crippen MR) is 113 cm³/mol. The number of aliphatic imine (C=N–C) groups is 1. The molecule has 1 saturated heterocycles. The number of nitrogens with one attached hydrogen (secondary N) is 2. The highest BCUT2D eigenvalue weighted by Crippen LogP contribution is 2.35. The fourth-order valence-corrected chi connectivity index (χ4v) is 6.66. The summed E-state index contributed by atoms with van der Waals surface area (Å²) in [5, 5.41) is 7.40. The predicted octanol–water partition coefficient (Wildman–Crippen LogP) is 3.50. The molecule has 3 fully saturated rings. The van der Waals surface area contributed by atoms with Gasteiger partial charge in [0, 0.05) is 18.6 Å². The lowest BCUT2D eigenvalue weighted by Crippen LogP contribution is -2.51. The van der Waals surface area contributed by atoms with Crippen molar-refractivity contribution in [3.63, 3.8) is 0 Å². The van der Waals surface area contributed by atoms with E-state index < -0.39 is 9.84 Å². The Labute approximate surface area is 166 Å². The average Bonchev–Trinajstić information content (AvgIpc) is 2.95. The van der Waals surface area contributed by atoms with Crippen LogP contribution in [0.15, 0.2) is 4.99 Å². The molecule has 0 bridgehead atoms. The fraction of sp³-hybridized carbons (Fsp3) is 0.952. The lowest BCUT2D eigenvalue weighted by molar-refractivity contribution is 0.215. The van der Waals surface area contributed by atoms with Crippen LogP contribution in [0.5, 0.6) is 0 Å². The topological polar surface area (TPSA) is 70.6 Å². The highest BCUT2D eigenvalue weighted by molar-refractivity contribution is 7.91. The van der Waals surface area contributed by atoms with E-state index in [-0.39, 0.29) is 5.92 Å². The summed E-state index contributed by atoms with van der Waals surface area (Å²) in [4.78, 5) is 4.86. The summed E-state index contributed by atoms with van der Waals surface area (Å²) >= 11 is 0. The van der Waals surface area contributed by atoms with Gasteiger partial charge in [0.25, 0.3) is 0 Å². The molecule has 0 radical (unpaired) electrons. The first-order valence-corrected chi connectivity index (χ1v) is 12.8. The first-order chi connectivity index (χ1) is 12.7. The second kappa shape index (κ2) is 8.71. The third-order valence-electron chi connectivity index (χ3n) is 6.95. The van der Waals surface area contributed by atoms with Gasteiger partial charge in [-0.2, -0.15) is 0 Å². The Morgan fingerprint density at radius 1 is 1.04 bits per heavy atom. The summed E-state index contributed by atoms with van der Waals surface area (Å²) < 4.78 is 23.5. The molecule has 3 unspecified atom stereocenters. The minimum absolute atomic E-state index is 0.183. The number of hydrogen-bond acceptors (Lipinski definition) is 3. The quantitative estimate of drug-likeness (QED) is 0.563.